The van der Waals surface area contributed by atoms with Gasteiger partial charge in [0, 0.05) is 6.42 Å². The lowest BCUT2D eigenvalue weighted by Crippen LogP contribution is -2.59. The third-order valence-electron chi connectivity index (χ3n) is 5.35. The Hall–Kier alpha value is -4.00. The maximum atomic E-state index is 13.1. The molecular weight excluding hydrogens is 484 g/mol. The highest BCUT2D eigenvalue weighted by Gasteiger charge is 2.31. The molecule has 13 heteroatoms. The molecule has 0 unspecified atom stereocenters. The average molecular weight is 521 g/mol. The summed E-state index contributed by atoms with van der Waals surface area (Å²) < 4.78 is 0. The predicted octanol–water partition coefficient (Wildman–Crippen LogP) is -1.85. The number of hydrogen-bond donors (Lipinski definition) is 7. The monoisotopic (exact) mass is 520 g/mol. The molecule has 37 heavy (non-hydrogen) atoms. The summed E-state index contributed by atoms with van der Waals surface area (Å²) in [6.07, 6.45) is -0.518. The maximum absolute atomic E-state index is 13.1. The van der Waals surface area contributed by atoms with Crippen molar-refractivity contribution in [1.82, 2.24) is 21.3 Å². The third-order valence-corrected chi connectivity index (χ3v) is 5.35. The van der Waals surface area contributed by atoms with Crippen LogP contribution in [0.4, 0.5) is 0 Å². The molecule has 5 atom stereocenters. The van der Waals surface area contributed by atoms with Crippen molar-refractivity contribution in [3.05, 3.63) is 35.9 Å². The van der Waals surface area contributed by atoms with Crippen LogP contribution >= 0.6 is 0 Å². The van der Waals surface area contributed by atoms with E-state index in [-0.39, 0.29) is 6.42 Å². The summed E-state index contributed by atoms with van der Waals surface area (Å²) >= 11 is 0. The van der Waals surface area contributed by atoms with Crippen LogP contribution in [0.5, 0.6) is 0 Å². The number of rotatable bonds is 14. The molecular formula is C24H36N6O7. The van der Waals surface area contributed by atoms with E-state index in [4.69, 9.17) is 11.5 Å². The van der Waals surface area contributed by atoms with Crippen LogP contribution in [0, 0.1) is 5.92 Å². The van der Waals surface area contributed by atoms with Crippen LogP contribution in [-0.4, -0.2) is 70.8 Å². The third kappa shape index (κ3) is 10.7. The van der Waals surface area contributed by atoms with Gasteiger partial charge in [-0.3, -0.25) is 24.0 Å². The zero-order valence-corrected chi connectivity index (χ0v) is 21.3. The Labute approximate surface area is 215 Å². The summed E-state index contributed by atoms with van der Waals surface area (Å²) in [6.45, 7) is 6.01. The topological polar surface area (TPSA) is 223 Å². The molecule has 0 saturated carbocycles. The van der Waals surface area contributed by atoms with Gasteiger partial charge in [0.1, 0.15) is 24.2 Å². The van der Waals surface area contributed by atoms with Gasteiger partial charge in [-0.15, -0.1) is 0 Å². The number of hydrogen-bond acceptors (Lipinski definition) is 7. The van der Waals surface area contributed by atoms with Crippen LogP contribution in [0.25, 0.3) is 0 Å². The van der Waals surface area contributed by atoms with E-state index in [1.54, 1.807) is 44.2 Å². The SMILES string of the molecule is CC(C)[C@H](NC(=O)[C@H](C)NC(=O)[C@H](Cc1ccccc1)NC(=O)[C@H](CC(N)=O)NC(=O)[C@H](C)N)C(=O)O. The fraction of sp³-hybridized carbons (Fsp3) is 0.500. The normalized spacial score (nSPS) is 14.9. The number of carboxylic acids is 1. The Morgan fingerprint density at radius 2 is 1.32 bits per heavy atom. The van der Waals surface area contributed by atoms with E-state index >= 15 is 0 Å². The molecule has 9 N–H and O–H groups in total. The molecule has 0 bridgehead atoms. The standard InChI is InChI=1S/C24H36N6O7/c1-12(2)19(24(36)37)30-21(33)14(4)27-22(34)16(10-15-8-6-5-7-9-15)29-23(35)17(11-18(26)31)28-20(32)13(3)25/h5-9,12-14,16-17,19H,10-11,25H2,1-4H3,(H2,26,31)(H,27,34)(H,28,32)(H,29,35)(H,30,33)(H,36,37)/t13-,14-,16-,17-,19-/m0/s1. The van der Waals surface area contributed by atoms with Crippen molar-refractivity contribution in [2.45, 2.75) is 70.7 Å². The van der Waals surface area contributed by atoms with Gasteiger partial charge in [-0.1, -0.05) is 44.2 Å². The smallest absolute Gasteiger partial charge is 0.326 e. The molecule has 1 aromatic rings. The van der Waals surface area contributed by atoms with Crippen molar-refractivity contribution in [3.63, 3.8) is 0 Å². The summed E-state index contributed by atoms with van der Waals surface area (Å²) in [6, 6.07) is 2.83. The van der Waals surface area contributed by atoms with Crippen molar-refractivity contribution in [1.29, 1.82) is 0 Å². The Morgan fingerprint density at radius 1 is 0.784 bits per heavy atom. The number of aliphatic carboxylic acids is 1. The Morgan fingerprint density at radius 3 is 1.81 bits per heavy atom. The first-order valence-electron chi connectivity index (χ1n) is 11.7. The number of amides is 5. The molecule has 204 valence electrons. The minimum atomic E-state index is -1.38. The summed E-state index contributed by atoms with van der Waals surface area (Å²) in [5.74, 6) is -5.51. The zero-order chi connectivity index (χ0) is 28.3. The van der Waals surface area contributed by atoms with Gasteiger partial charge in [-0.25, -0.2) is 4.79 Å². The minimum Gasteiger partial charge on any atom is -0.480 e. The van der Waals surface area contributed by atoms with Gasteiger partial charge >= 0.3 is 5.97 Å². The van der Waals surface area contributed by atoms with E-state index in [0.29, 0.717) is 5.56 Å². The van der Waals surface area contributed by atoms with Gasteiger partial charge in [0.25, 0.3) is 0 Å². The fourth-order valence-corrected chi connectivity index (χ4v) is 3.22. The van der Waals surface area contributed by atoms with Crippen molar-refractivity contribution < 1.29 is 33.9 Å². The van der Waals surface area contributed by atoms with Crippen LogP contribution in [-0.2, 0) is 35.2 Å². The first-order chi connectivity index (χ1) is 17.2. The molecule has 0 heterocycles. The highest BCUT2D eigenvalue weighted by atomic mass is 16.4. The molecule has 0 radical (unpaired) electrons. The summed E-state index contributed by atoms with van der Waals surface area (Å²) in [7, 11) is 0. The number of carbonyl (C=O) groups excluding carboxylic acids is 5. The highest BCUT2D eigenvalue weighted by Crippen LogP contribution is 2.06. The molecule has 0 fully saturated rings. The Kier molecular flexibility index (Phi) is 12.2. The predicted molar refractivity (Wildman–Crippen MR) is 133 cm³/mol. The van der Waals surface area contributed by atoms with E-state index in [1.807, 2.05) is 0 Å². The summed E-state index contributed by atoms with van der Waals surface area (Å²) in [5.41, 5.74) is 11.4. The fourth-order valence-electron chi connectivity index (χ4n) is 3.22. The number of carboxylic acid groups (broad SMARTS) is 1. The van der Waals surface area contributed by atoms with Gasteiger partial charge in [-0.2, -0.15) is 0 Å². The first-order valence-corrected chi connectivity index (χ1v) is 11.7. The second-order valence-corrected chi connectivity index (χ2v) is 9.07. The molecule has 1 aromatic carbocycles. The molecule has 0 saturated heterocycles. The lowest BCUT2D eigenvalue weighted by Gasteiger charge is -2.25. The largest absolute Gasteiger partial charge is 0.480 e. The van der Waals surface area contributed by atoms with Gasteiger partial charge in [0.15, 0.2) is 0 Å². The molecule has 0 spiro atoms. The molecule has 5 amide bonds. The summed E-state index contributed by atoms with van der Waals surface area (Å²) in [4.78, 5) is 73.5. The minimum absolute atomic E-state index is 0.0149. The highest BCUT2D eigenvalue weighted by molar-refractivity contribution is 5.96. The van der Waals surface area contributed by atoms with Crippen LogP contribution in [0.3, 0.4) is 0 Å². The van der Waals surface area contributed by atoms with Crippen LogP contribution in [0.2, 0.25) is 0 Å². The van der Waals surface area contributed by atoms with Crippen molar-refractivity contribution in [2.24, 2.45) is 17.4 Å². The second-order valence-electron chi connectivity index (χ2n) is 9.07. The lowest BCUT2D eigenvalue weighted by molar-refractivity contribution is -0.143. The Bertz CT molecular complexity index is 983. The molecule has 1 rings (SSSR count). The molecule has 13 nitrogen and oxygen atoms in total. The quantitative estimate of drug-likeness (QED) is 0.147. The molecule has 0 aromatic heterocycles. The number of nitrogens with one attached hydrogen (secondary N) is 4. The van der Waals surface area contributed by atoms with Crippen molar-refractivity contribution in [2.75, 3.05) is 0 Å². The first kappa shape index (κ1) is 31.0. The average Bonchev–Trinajstić information content (AvgIpc) is 2.81. The van der Waals surface area contributed by atoms with Crippen LogP contribution in [0.1, 0.15) is 39.7 Å². The Balaban J connectivity index is 3.08. The number of nitrogens with two attached hydrogens (primary N) is 2. The van der Waals surface area contributed by atoms with Gasteiger partial charge in [0.2, 0.25) is 29.5 Å². The number of benzene rings is 1. The van der Waals surface area contributed by atoms with Gasteiger partial charge < -0.3 is 37.8 Å². The lowest BCUT2D eigenvalue weighted by atomic mass is 10.0. The maximum Gasteiger partial charge on any atom is 0.326 e. The van der Waals surface area contributed by atoms with Gasteiger partial charge in [0.05, 0.1) is 12.5 Å². The second kappa shape index (κ2) is 14.5. The van der Waals surface area contributed by atoms with E-state index in [1.165, 1.54) is 13.8 Å². The van der Waals surface area contributed by atoms with E-state index in [9.17, 15) is 33.9 Å². The van der Waals surface area contributed by atoms with Gasteiger partial charge in [-0.05, 0) is 25.3 Å². The molecule has 0 aliphatic rings. The molecule has 0 aliphatic heterocycles. The van der Waals surface area contributed by atoms with Crippen molar-refractivity contribution in [3.8, 4) is 0 Å². The summed E-state index contributed by atoms with van der Waals surface area (Å²) in [5, 5.41) is 19.0. The zero-order valence-electron chi connectivity index (χ0n) is 21.3. The van der Waals surface area contributed by atoms with Crippen LogP contribution in [0.15, 0.2) is 30.3 Å². The van der Waals surface area contributed by atoms with E-state index < -0.39 is 78.1 Å². The molecule has 0 aliphatic carbocycles. The van der Waals surface area contributed by atoms with E-state index in [2.05, 4.69) is 21.3 Å². The van der Waals surface area contributed by atoms with Crippen LogP contribution < -0.4 is 32.7 Å². The number of primary amides is 1. The van der Waals surface area contributed by atoms with Crippen molar-refractivity contribution >= 4 is 35.5 Å². The number of carbonyl (C=O) groups is 6. The van der Waals surface area contributed by atoms with E-state index in [0.717, 1.165) is 0 Å².